The highest BCUT2D eigenvalue weighted by atomic mass is 27.3. The van der Waals surface area contributed by atoms with Gasteiger partial charge < -0.3 is 21.2 Å². The number of hydrogen-bond donors (Lipinski definition) is 0. The summed E-state index contributed by atoms with van der Waals surface area (Å²) in [6.07, 6.45) is 5.24. The van der Waals surface area contributed by atoms with Gasteiger partial charge in [0, 0.05) is 68.3 Å². The highest BCUT2D eigenvalue weighted by molar-refractivity contribution is 6.40. The zero-order chi connectivity index (χ0) is 75.9. The molecule has 21 aromatic rings. The number of pyridine rings is 3. The van der Waals surface area contributed by atoms with Gasteiger partial charge in [-0.25, -0.2) is 0 Å². The van der Waals surface area contributed by atoms with E-state index in [0.717, 1.165) is 66.8 Å². The lowest BCUT2D eigenvalue weighted by Gasteiger charge is -2.27. The molecule has 21 rings (SSSR count). The molecule has 0 unspecified atom stereocenters. The standard InChI is InChI=1S/C44H32N2.C34H22.3C9H7NO.Al/c1-3-17-37(18-4-1)45(43-23-11-15-35-13-7-9-21-41(35)43)39-29-25-33(26-30-39)34-27-31-40(32-28-34)46(38-19-5-2-6-20-38)44-24-12-16-36-14-8-10-22-42(36)44;1-3-11-25-21-27(19-17-23(25)9-1)33-29-13-5-7-15-31(29)34(32-16-8-6-14-30(32)33)28-20-18-24-10-2-4-12-26(24)22-28;3*11-8-5-1-3-7-4-2-6-10-9(7)8;/h1-32H;1-22H;3*1-6,11H;/q;;;;;+3/p-3. The molecule has 0 amide bonds. The minimum Gasteiger partial charge on any atom is -0.576 e. The van der Waals surface area contributed by atoms with E-state index in [4.69, 9.17) is 11.4 Å². The van der Waals surface area contributed by atoms with Crippen LogP contribution in [0.1, 0.15) is 0 Å². The first-order valence-electron chi connectivity index (χ1n) is 38.3. The Hall–Kier alpha value is -14.7. The Bertz CT molecular complexity index is 6490. The summed E-state index contributed by atoms with van der Waals surface area (Å²) in [7, 11) is 0. The number of rotatable bonds is 15. The van der Waals surface area contributed by atoms with Crippen LogP contribution >= 0.6 is 0 Å². The second-order valence-corrected chi connectivity index (χ2v) is 29.3. The summed E-state index contributed by atoms with van der Waals surface area (Å²) in [6, 6.07) is 147. The molecule has 0 aliphatic carbocycles. The van der Waals surface area contributed by atoms with Gasteiger partial charge in [0.05, 0.1) is 11.4 Å². The van der Waals surface area contributed by atoms with Crippen molar-refractivity contribution in [3.8, 4) is 50.6 Å². The summed E-state index contributed by atoms with van der Waals surface area (Å²) in [5.41, 5.74) is 16.6. The number of nitrogens with zero attached hydrogens (tertiary/aromatic N) is 5. The third-order valence-corrected chi connectivity index (χ3v) is 22.4. The van der Waals surface area contributed by atoms with Crippen molar-refractivity contribution in [2.75, 3.05) is 9.80 Å². The third kappa shape index (κ3) is 14.2. The van der Waals surface area contributed by atoms with Crippen LogP contribution in [0.25, 0.3) is 131 Å². The molecular formula is C105H72AlN5O3. The van der Waals surface area contributed by atoms with Gasteiger partial charge in [-0.2, -0.15) is 0 Å². The van der Waals surface area contributed by atoms with E-state index in [2.05, 4.69) is 352 Å². The van der Waals surface area contributed by atoms with Gasteiger partial charge in [0.25, 0.3) is 0 Å². The molecule has 0 saturated carbocycles. The molecule has 0 aliphatic rings. The molecule has 0 bridgehead atoms. The fourth-order valence-corrected chi connectivity index (χ4v) is 17.1. The summed E-state index contributed by atoms with van der Waals surface area (Å²) < 4.78 is 19.2. The molecule has 0 saturated heterocycles. The van der Waals surface area contributed by atoms with Crippen LogP contribution in [0.15, 0.2) is 437 Å². The fourth-order valence-electron chi connectivity index (χ4n) is 15.8. The average molecular weight is 1480 g/mol. The molecule has 0 aliphatic heterocycles. The number of fused-ring (bicyclic) bond motifs is 9. The topological polar surface area (TPSA) is 72.8 Å². The van der Waals surface area contributed by atoms with Crippen molar-refractivity contribution in [2.24, 2.45) is 0 Å². The van der Waals surface area contributed by atoms with Crippen LogP contribution in [-0.4, -0.2) is 30.1 Å². The van der Waals surface area contributed by atoms with Crippen molar-refractivity contribution in [3.05, 3.63) is 437 Å². The maximum Gasteiger partial charge on any atom is 1.20 e. The van der Waals surface area contributed by atoms with Gasteiger partial charge >= 0.3 is 15.1 Å². The Balaban J connectivity index is 0.000000117. The van der Waals surface area contributed by atoms with Crippen molar-refractivity contribution in [2.45, 2.75) is 0 Å². The van der Waals surface area contributed by atoms with Gasteiger partial charge in [-0.05, 0) is 196 Å². The van der Waals surface area contributed by atoms with E-state index in [-0.39, 0.29) is 0 Å². The molecule has 0 spiro atoms. The SMILES string of the molecule is c1ccc(N(c2ccc(-c3ccc(N(c4ccccc4)c4cccc5ccccc45)cc3)cc2)c2cccc3ccccc23)cc1.c1ccc2cc(-c3c4ccccc4c(-c4ccc5ccccc5c4)c4ccccc34)ccc2c1.c1cnc2c([O][Al]([O]c3cccc4cccnc34)[O]c3cccc4cccnc34)cccc2c1. The Morgan fingerprint density at radius 3 is 0.833 bits per heavy atom. The van der Waals surface area contributed by atoms with Crippen LogP contribution in [0.3, 0.4) is 0 Å². The Morgan fingerprint density at radius 1 is 0.193 bits per heavy atom. The van der Waals surface area contributed by atoms with Gasteiger partial charge in [-0.3, -0.25) is 15.0 Å². The predicted molar refractivity (Wildman–Crippen MR) is 476 cm³/mol. The van der Waals surface area contributed by atoms with E-state index in [0.29, 0.717) is 17.2 Å². The van der Waals surface area contributed by atoms with E-state index < -0.39 is 15.1 Å². The lowest BCUT2D eigenvalue weighted by molar-refractivity contribution is 0.311. The summed E-state index contributed by atoms with van der Waals surface area (Å²) in [6.45, 7) is 0. The molecule has 3 heterocycles. The first-order chi connectivity index (χ1) is 56.5. The Labute approximate surface area is 665 Å². The van der Waals surface area contributed by atoms with E-state index in [9.17, 15) is 0 Å². The molecule has 8 nitrogen and oxygen atoms in total. The first kappa shape index (κ1) is 69.7. The van der Waals surface area contributed by atoms with Crippen LogP contribution in [0.2, 0.25) is 0 Å². The van der Waals surface area contributed by atoms with Crippen molar-refractivity contribution < 1.29 is 11.4 Å². The maximum absolute atomic E-state index is 6.41. The smallest absolute Gasteiger partial charge is 0.576 e. The molecule has 0 radical (unpaired) electrons. The summed E-state index contributed by atoms with van der Waals surface area (Å²) in [5, 5.41) is 18.1. The minimum absolute atomic E-state index is 0.608. The number of hydrogen-bond acceptors (Lipinski definition) is 8. The second kappa shape index (κ2) is 31.7. The minimum atomic E-state index is -2.86. The largest absolute Gasteiger partial charge is 1.20 e. The highest BCUT2D eigenvalue weighted by Gasteiger charge is 2.46. The van der Waals surface area contributed by atoms with Gasteiger partial charge in [0.1, 0.15) is 33.8 Å². The molecule has 3 aromatic heterocycles. The molecule has 0 N–H and O–H groups in total. The second-order valence-electron chi connectivity index (χ2n) is 28.0. The molecule has 18 aromatic carbocycles. The van der Waals surface area contributed by atoms with E-state index in [1.54, 1.807) is 18.6 Å². The van der Waals surface area contributed by atoms with Crippen LogP contribution in [0.4, 0.5) is 34.1 Å². The number of benzene rings is 18. The summed E-state index contributed by atoms with van der Waals surface area (Å²) in [4.78, 5) is 18.2. The lowest BCUT2D eigenvalue weighted by atomic mass is 9.85. The van der Waals surface area contributed by atoms with Crippen LogP contribution < -0.4 is 21.2 Å². The van der Waals surface area contributed by atoms with Gasteiger partial charge in [0.2, 0.25) is 0 Å². The number of para-hydroxylation sites is 5. The van der Waals surface area contributed by atoms with Gasteiger partial charge in [-0.15, -0.1) is 0 Å². The van der Waals surface area contributed by atoms with Crippen molar-refractivity contribution in [1.29, 1.82) is 0 Å². The molecular weight excluding hydrogens is 1410 g/mol. The molecule has 538 valence electrons. The van der Waals surface area contributed by atoms with Gasteiger partial charge in [-0.1, -0.05) is 309 Å². The van der Waals surface area contributed by atoms with E-state index >= 15 is 0 Å². The van der Waals surface area contributed by atoms with E-state index in [1.165, 1.54) is 98.0 Å². The molecule has 9 heteroatoms. The van der Waals surface area contributed by atoms with Gasteiger partial charge in [0.15, 0.2) is 0 Å². The number of anilines is 6. The zero-order valence-electron chi connectivity index (χ0n) is 62.1. The van der Waals surface area contributed by atoms with Crippen molar-refractivity contribution >= 4 is 147 Å². The molecule has 0 atom stereocenters. The highest BCUT2D eigenvalue weighted by Crippen LogP contribution is 2.47. The predicted octanol–water partition coefficient (Wildman–Crippen LogP) is 28.1. The maximum atomic E-state index is 6.41. The Kier molecular flexibility index (Phi) is 19.4. The Morgan fingerprint density at radius 2 is 0.465 bits per heavy atom. The fraction of sp³-hybridized carbons (Fsp3) is 0. The summed E-state index contributed by atoms with van der Waals surface area (Å²) >= 11 is -2.86. The van der Waals surface area contributed by atoms with E-state index in [1.807, 2.05) is 91.0 Å². The number of aromatic nitrogens is 3. The average Bonchev–Trinajstić information content (AvgIpc) is 0.732. The quantitative estimate of drug-likeness (QED) is 0.0743. The monoisotopic (exact) mass is 1480 g/mol. The van der Waals surface area contributed by atoms with Crippen LogP contribution in [-0.2, 0) is 0 Å². The summed E-state index contributed by atoms with van der Waals surface area (Å²) in [5.74, 6) is 1.82. The van der Waals surface area contributed by atoms with Crippen LogP contribution in [0.5, 0.6) is 17.2 Å². The lowest BCUT2D eigenvalue weighted by Crippen LogP contribution is -2.37. The first-order valence-corrected chi connectivity index (χ1v) is 39.8. The normalized spacial score (nSPS) is 11.2. The zero-order valence-corrected chi connectivity index (χ0v) is 63.3. The third-order valence-electron chi connectivity index (χ3n) is 21.1. The molecule has 114 heavy (non-hydrogen) atoms. The van der Waals surface area contributed by atoms with Crippen LogP contribution in [0, 0.1) is 0 Å². The van der Waals surface area contributed by atoms with Crippen molar-refractivity contribution in [3.63, 3.8) is 0 Å². The van der Waals surface area contributed by atoms with Crippen molar-refractivity contribution in [1.82, 2.24) is 15.0 Å². The molecule has 0 fully saturated rings.